The van der Waals surface area contributed by atoms with E-state index in [1.807, 2.05) is 24.3 Å². The highest BCUT2D eigenvalue weighted by atomic mass is 19.1. The molecule has 20 heavy (non-hydrogen) atoms. The highest BCUT2D eigenvalue weighted by molar-refractivity contribution is 5.95. The molecule has 3 rings (SSSR count). The van der Waals surface area contributed by atoms with Crippen molar-refractivity contribution in [3.05, 3.63) is 65.5 Å². The van der Waals surface area contributed by atoms with Crippen molar-refractivity contribution in [2.24, 2.45) is 0 Å². The van der Waals surface area contributed by atoms with Crippen LogP contribution in [0.1, 0.15) is 11.1 Å². The van der Waals surface area contributed by atoms with E-state index >= 15 is 0 Å². The fraction of sp³-hybridized carbons (Fsp3) is 0.188. The molecule has 1 heterocycles. The molecule has 1 atom stereocenters. The molecule has 2 aromatic rings. The van der Waals surface area contributed by atoms with Gasteiger partial charge in [-0.15, -0.1) is 0 Å². The second kappa shape index (κ2) is 5.43. The fourth-order valence-corrected chi connectivity index (χ4v) is 2.42. The molecule has 1 amide bonds. The van der Waals surface area contributed by atoms with Crippen LogP contribution < -0.4 is 10.6 Å². The molecule has 0 bridgehead atoms. The van der Waals surface area contributed by atoms with Crippen LogP contribution in [-0.2, 0) is 17.8 Å². The summed E-state index contributed by atoms with van der Waals surface area (Å²) in [4.78, 5) is 12.2. The Morgan fingerprint density at radius 1 is 1.10 bits per heavy atom. The monoisotopic (exact) mass is 270 g/mol. The summed E-state index contributed by atoms with van der Waals surface area (Å²) < 4.78 is 13.5. The van der Waals surface area contributed by atoms with E-state index in [9.17, 15) is 9.18 Å². The van der Waals surface area contributed by atoms with E-state index < -0.39 is 5.82 Å². The van der Waals surface area contributed by atoms with E-state index in [4.69, 9.17) is 0 Å². The number of benzene rings is 2. The van der Waals surface area contributed by atoms with Crippen LogP contribution in [-0.4, -0.2) is 11.9 Å². The standard InChI is InChI=1S/C16H15FN2O/c17-13-7-3-4-8-14(13)19-16(20)15-9-11-5-1-2-6-12(11)10-18-15/h1-8,15,18H,9-10H2,(H,19,20)/t15-/m1/s1. The van der Waals surface area contributed by atoms with Gasteiger partial charge < -0.3 is 10.6 Å². The zero-order chi connectivity index (χ0) is 13.9. The van der Waals surface area contributed by atoms with Gasteiger partial charge in [0, 0.05) is 6.54 Å². The van der Waals surface area contributed by atoms with Gasteiger partial charge in [0.05, 0.1) is 11.7 Å². The quantitative estimate of drug-likeness (QED) is 0.880. The number of hydrogen-bond acceptors (Lipinski definition) is 2. The summed E-state index contributed by atoms with van der Waals surface area (Å²) in [5.41, 5.74) is 2.60. The van der Waals surface area contributed by atoms with Crippen LogP contribution in [0.3, 0.4) is 0 Å². The van der Waals surface area contributed by atoms with Crippen LogP contribution in [0.5, 0.6) is 0 Å². The van der Waals surface area contributed by atoms with E-state index in [2.05, 4.69) is 10.6 Å². The Morgan fingerprint density at radius 3 is 2.60 bits per heavy atom. The molecule has 0 fully saturated rings. The number of hydrogen-bond donors (Lipinski definition) is 2. The van der Waals surface area contributed by atoms with Gasteiger partial charge in [-0.3, -0.25) is 4.79 Å². The van der Waals surface area contributed by atoms with E-state index in [1.54, 1.807) is 18.2 Å². The largest absolute Gasteiger partial charge is 0.322 e. The lowest BCUT2D eigenvalue weighted by Gasteiger charge is -2.25. The topological polar surface area (TPSA) is 41.1 Å². The molecule has 2 aromatic carbocycles. The maximum Gasteiger partial charge on any atom is 0.241 e. The molecule has 0 aromatic heterocycles. The average molecular weight is 270 g/mol. The third kappa shape index (κ3) is 2.56. The van der Waals surface area contributed by atoms with Crippen molar-refractivity contribution >= 4 is 11.6 Å². The van der Waals surface area contributed by atoms with Gasteiger partial charge in [0.15, 0.2) is 0 Å². The summed E-state index contributed by atoms with van der Waals surface area (Å²) in [6.45, 7) is 0.658. The molecule has 1 aliphatic heterocycles. The molecule has 4 heteroatoms. The number of rotatable bonds is 2. The fourth-order valence-electron chi connectivity index (χ4n) is 2.42. The Labute approximate surface area is 116 Å². The van der Waals surface area contributed by atoms with Gasteiger partial charge in [0.2, 0.25) is 5.91 Å². The lowest BCUT2D eigenvalue weighted by atomic mass is 9.95. The number of carbonyl (C=O) groups excluding carboxylic acids is 1. The second-order valence-electron chi connectivity index (χ2n) is 4.88. The smallest absolute Gasteiger partial charge is 0.241 e. The van der Waals surface area contributed by atoms with Crippen LogP contribution in [0.25, 0.3) is 0 Å². The molecule has 0 saturated carbocycles. The third-order valence-corrected chi connectivity index (χ3v) is 3.53. The molecule has 0 aliphatic carbocycles. The third-order valence-electron chi connectivity index (χ3n) is 3.53. The summed E-state index contributed by atoms with van der Waals surface area (Å²) in [7, 11) is 0. The van der Waals surface area contributed by atoms with E-state index in [-0.39, 0.29) is 17.6 Å². The van der Waals surface area contributed by atoms with Gasteiger partial charge in [-0.05, 0) is 29.7 Å². The average Bonchev–Trinajstić information content (AvgIpc) is 2.49. The number of halogens is 1. The Morgan fingerprint density at radius 2 is 1.80 bits per heavy atom. The van der Waals surface area contributed by atoms with Gasteiger partial charge in [0.25, 0.3) is 0 Å². The normalized spacial score (nSPS) is 17.4. The van der Waals surface area contributed by atoms with Crippen molar-refractivity contribution in [3.63, 3.8) is 0 Å². The summed E-state index contributed by atoms with van der Waals surface area (Å²) in [6, 6.07) is 13.9. The first kappa shape index (κ1) is 12.8. The summed E-state index contributed by atoms with van der Waals surface area (Å²) >= 11 is 0. The molecule has 2 N–H and O–H groups in total. The SMILES string of the molecule is O=C(Nc1ccccc1F)[C@H]1Cc2ccccc2CN1. The molecule has 3 nitrogen and oxygen atoms in total. The Bertz CT molecular complexity index is 642. The maximum absolute atomic E-state index is 13.5. The predicted molar refractivity (Wildman–Crippen MR) is 75.8 cm³/mol. The van der Waals surface area contributed by atoms with Gasteiger partial charge in [-0.1, -0.05) is 36.4 Å². The molecule has 0 radical (unpaired) electrons. The molecule has 0 saturated heterocycles. The van der Waals surface area contributed by atoms with E-state index in [0.717, 1.165) is 0 Å². The summed E-state index contributed by atoms with van der Waals surface area (Å²) in [6.07, 6.45) is 0.621. The van der Waals surface area contributed by atoms with E-state index in [0.29, 0.717) is 13.0 Å². The van der Waals surface area contributed by atoms with Gasteiger partial charge in [-0.25, -0.2) is 4.39 Å². The van der Waals surface area contributed by atoms with Crippen LogP contribution in [0.2, 0.25) is 0 Å². The van der Waals surface area contributed by atoms with Crippen LogP contribution in [0.4, 0.5) is 10.1 Å². The summed E-state index contributed by atoms with van der Waals surface area (Å²) in [5, 5.41) is 5.81. The van der Waals surface area contributed by atoms with Gasteiger partial charge in [-0.2, -0.15) is 0 Å². The second-order valence-corrected chi connectivity index (χ2v) is 4.88. The number of carbonyl (C=O) groups is 1. The van der Waals surface area contributed by atoms with Crippen LogP contribution in [0.15, 0.2) is 48.5 Å². The van der Waals surface area contributed by atoms with Crippen LogP contribution in [0, 0.1) is 5.82 Å². The Balaban J connectivity index is 1.72. The lowest BCUT2D eigenvalue weighted by molar-refractivity contribution is -0.118. The van der Waals surface area contributed by atoms with Crippen molar-refractivity contribution in [1.29, 1.82) is 0 Å². The molecular formula is C16H15FN2O. The van der Waals surface area contributed by atoms with E-state index in [1.165, 1.54) is 17.2 Å². The minimum Gasteiger partial charge on any atom is -0.322 e. The predicted octanol–water partition coefficient (Wildman–Crippen LogP) is 2.48. The molecule has 102 valence electrons. The number of para-hydroxylation sites is 1. The first-order valence-electron chi connectivity index (χ1n) is 6.59. The molecular weight excluding hydrogens is 255 g/mol. The maximum atomic E-state index is 13.5. The lowest BCUT2D eigenvalue weighted by Crippen LogP contribution is -2.44. The number of fused-ring (bicyclic) bond motifs is 1. The Kier molecular flexibility index (Phi) is 3.48. The molecule has 0 unspecified atom stereocenters. The minimum atomic E-state index is -0.419. The molecule has 0 spiro atoms. The molecule has 1 aliphatic rings. The van der Waals surface area contributed by atoms with Gasteiger partial charge >= 0.3 is 0 Å². The van der Waals surface area contributed by atoms with Crippen LogP contribution >= 0.6 is 0 Å². The number of anilines is 1. The Hall–Kier alpha value is -2.20. The van der Waals surface area contributed by atoms with Crippen molar-refractivity contribution in [2.45, 2.75) is 19.0 Å². The minimum absolute atomic E-state index is 0.204. The highest BCUT2D eigenvalue weighted by Crippen LogP contribution is 2.18. The zero-order valence-corrected chi connectivity index (χ0v) is 10.9. The number of amides is 1. The highest BCUT2D eigenvalue weighted by Gasteiger charge is 2.24. The van der Waals surface area contributed by atoms with Crippen molar-refractivity contribution < 1.29 is 9.18 Å². The van der Waals surface area contributed by atoms with Crippen molar-refractivity contribution in [1.82, 2.24) is 5.32 Å². The number of nitrogens with one attached hydrogen (secondary N) is 2. The first-order chi connectivity index (χ1) is 9.74. The van der Waals surface area contributed by atoms with Gasteiger partial charge in [0.1, 0.15) is 5.82 Å². The van der Waals surface area contributed by atoms with Crippen molar-refractivity contribution in [3.8, 4) is 0 Å². The summed E-state index contributed by atoms with van der Waals surface area (Å²) in [5.74, 6) is -0.623. The zero-order valence-electron chi connectivity index (χ0n) is 10.9. The first-order valence-corrected chi connectivity index (χ1v) is 6.59. The van der Waals surface area contributed by atoms with Crippen molar-refractivity contribution in [2.75, 3.05) is 5.32 Å².